The molecule has 1 aliphatic rings. The summed E-state index contributed by atoms with van der Waals surface area (Å²) in [5.74, 6) is -0.0370. The van der Waals surface area contributed by atoms with Crippen LogP contribution in [0.15, 0.2) is 47.4 Å². The van der Waals surface area contributed by atoms with Crippen molar-refractivity contribution in [2.45, 2.75) is 37.1 Å². The molecule has 0 aliphatic heterocycles. The summed E-state index contributed by atoms with van der Waals surface area (Å²) < 4.78 is 26.2. The molecule has 0 aromatic heterocycles. The molecule has 8 heteroatoms. The average Bonchev–Trinajstić information content (AvgIpc) is 2.77. The summed E-state index contributed by atoms with van der Waals surface area (Å²) in [6, 6.07) is 13.3. The molecule has 0 saturated carbocycles. The van der Waals surface area contributed by atoms with E-state index in [1.165, 1.54) is 29.5 Å². The third-order valence-electron chi connectivity index (χ3n) is 5.77. The molecule has 0 radical (unpaired) electrons. The van der Waals surface area contributed by atoms with Gasteiger partial charge in [0.15, 0.2) is 0 Å². The first-order valence-corrected chi connectivity index (χ1v) is 12.1. The summed E-state index contributed by atoms with van der Waals surface area (Å²) >= 11 is 0. The van der Waals surface area contributed by atoms with E-state index in [0.717, 1.165) is 24.9 Å². The number of hydrogen-bond acceptors (Lipinski definition) is 5. The summed E-state index contributed by atoms with van der Waals surface area (Å²) in [7, 11) is 1.28. The van der Waals surface area contributed by atoms with Gasteiger partial charge in [0, 0.05) is 27.7 Å². The van der Waals surface area contributed by atoms with Gasteiger partial charge in [-0.1, -0.05) is 24.3 Å². The van der Waals surface area contributed by atoms with Crippen molar-refractivity contribution in [1.29, 1.82) is 0 Å². The van der Waals surface area contributed by atoms with Crippen LogP contribution in [0.1, 0.15) is 36.9 Å². The van der Waals surface area contributed by atoms with Crippen LogP contribution in [0.25, 0.3) is 0 Å². The van der Waals surface area contributed by atoms with Crippen LogP contribution in [-0.4, -0.2) is 57.8 Å². The number of benzene rings is 2. The lowest BCUT2D eigenvalue weighted by Crippen LogP contribution is -2.37. The first-order chi connectivity index (χ1) is 14.8. The van der Waals surface area contributed by atoms with Gasteiger partial charge in [0.05, 0.1) is 28.9 Å². The van der Waals surface area contributed by atoms with Crippen LogP contribution < -0.4 is 10.6 Å². The second kappa shape index (κ2) is 9.70. The zero-order valence-corrected chi connectivity index (χ0v) is 19.5. The quantitative estimate of drug-likeness (QED) is 0.653. The van der Waals surface area contributed by atoms with Gasteiger partial charge in [0.25, 0.3) is 0 Å². The van der Waals surface area contributed by atoms with Crippen LogP contribution >= 0.6 is 0 Å². The Morgan fingerprint density at radius 3 is 2.52 bits per heavy atom. The Kier molecular flexibility index (Phi) is 7.23. The second-order valence-electron chi connectivity index (χ2n) is 7.99. The fourth-order valence-corrected chi connectivity index (χ4v) is 4.91. The molecule has 2 N–H and O–H groups in total. The van der Waals surface area contributed by atoms with Crippen molar-refractivity contribution in [2.24, 2.45) is 0 Å². The van der Waals surface area contributed by atoms with Gasteiger partial charge < -0.3 is 15.5 Å². The minimum Gasteiger partial charge on any atom is -0.384 e. The molecule has 0 heterocycles. The Morgan fingerprint density at radius 2 is 1.81 bits per heavy atom. The van der Waals surface area contributed by atoms with Crippen molar-refractivity contribution < 1.29 is 13.2 Å². The third-order valence-corrected chi connectivity index (χ3v) is 7.58. The highest BCUT2D eigenvalue weighted by Gasteiger charge is 2.26. The van der Waals surface area contributed by atoms with Gasteiger partial charge in [-0.25, -0.2) is 12.7 Å². The van der Waals surface area contributed by atoms with Gasteiger partial charge in [-0.2, -0.15) is 0 Å². The molecule has 1 amide bonds. The number of amides is 1. The van der Waals surface area contributed by atoms with Gasteiger partial charge in [0.2, 0.25) is 15.9 Å². The zero-order chi connectivity index (χ0) is 22.6. The summed E-state index contributed by atoms with van der Waals surface area (Å²) in [6.45, 7) is 2.73. The van der Waals surface area contributed by atoms with E-state index in [9.17, 15) is 13.2 Å². The molecule has 0 bridgehead atoms. The lowest BCUT2D eigenvalue weighted by molar-refractivity contribution is -0.130. The van der Waals surface area contributed by atoms with Crippen LogP contribution in [0.5, 0.6) is 0 Å². The number of carbonyl (C=O) groups is 1. The van der Waals surface area contributed by atoms with E-state index in [1.54, 1.807) is 23.1 Å². The molecule has 1 atom stereocenters. The van der Waals surface area contributed by atoms with E-state index in [4.69, 9.17) is 0 Å². The number of nitrogens with one attached hydrogen (secondary N) is 2. The van der Waals surface area contributed by atoms with Crippen molar-refractivity contribution in [3.05, 3.63) is 53.6 Å². The maximum atomic E-state index is 13.0. The number of anilines is 2. The molecular formula is C23H32N4O3S. The smallest absolute Gasteiger partial charge is 0.242 e. The Labute approximate surface area is 185 Å². The Balaban J connectivity index is 1.78. The number of rotatable bonds is 8. The van der Waals surface area contributed by atoms with Crippen molar-refractivity contribution in [3.63, 3.8) is 0 Å². The molecule has 0 spiro atoms. The number of aryl methyl sites for hydroxylation is 1. The molecule has 168 valence electrons. The maximum Gasteiger partial charge on any atom is 0.242 e. The van der Waals surface area contributed by atoms with E-state index in [1.807, 2.05) is 26.1 Å². The van der Waals surface area contributed by atoms with E-state index < -0.39 is 10.0 Å². The summed E-state index contributed by atoms with van der Waals surface area (Å²) in [6.07, 6.45) is 3.05. The number of hydrogen-bond donors (Lipinski definition) is 2. The minimum atomic E-state index is -3.57. The standard InChI is InChI=1S/C23H32N4O3S/c1-5-24-20-14-13-18(31(29,30)26(2)3)15-21(20)25-16-23(28)27(4)22-12-8-10-17-9-6-7-11-19(17)22/h6-7,9,11,13-15,22,24-25H,5,8,10,12,16H2,1-4H3. The van der Waals surface area contributed by atoms with E-state index >= 15 is 0 Å². The first-order valence-electron chi connectivity index (χ1n) is 10.6. The van der Waals surface area contributed by atoms with Gasteiger partial charge in [-0.3, -0.25) is 4.79 Å². The number of sulfonamides is 1. The number of fused-ring (bicyclic) bond motifs is 1. The molecule has 0 fully saturated rings. The zero-order valence-electron chi connectivity index (χ0n) is 18.7. The molecular weight excluding hydrogens is 412 g/mol. The molecule has 3 rings (SSSR count). The predicted molar refractivity (Wildman–Crippen MR) is 125 cm³/mol. The van der Waals surface area contributed by atoms with Gasteiger partial charge in [-0.15, -0.1) is 0 Å². The monoisotopic (exact) mass is 444 g/mol. The highest BCUT2D eigenvalue weighted by Crippen LogP contribution is 2.33. The Hall–Kier alpha value is -2.58. The fourth-order valence-electron chi connectivity index (χ4n) is 3.99. The second-order valence-corrected chi connectivity index (χ2v) is 10.1. The van der Waals surface area contributed by atoms with E-state index in [-0.39, 0.29) is 23.4 Å². The molecule has 2 aromatic carbocycles. The van der Waals surface area contributed by atoms with Crippen LogP contribution in [0, 0.1) is 0 Å². The van der Waals surface area contributed by atoms with Crippen molar-refractivity contribution >= 4 is 27.3 Å². The average molecular weight is 445 g/mol. The molecule has 1 aliphatic carbocycles. The highest BCUT2D eigenvalue weighted by atomic mass is 32.2. The molecule has 1 unspecified atom stereocenters. The molecule has 0 saturated heterocycles. The van der Waals surface area contributed by atoms with Gasteiger partial charge >= 0.3 is 0 Å². The largest absolute Gasteiger partial charge is 0.384 e. The summed E-state index contributed by atoms with van der Waals surface area (Å²) in [5.41, 5.74) is 3.88. The minimum absolute atomic E-state index is 0.0370. The number of nitrogens with zero attached hydrogens (tertiary/aromatic N) is 2. The molecule has 2 aromatic rings. The third kappa shape index (κ3) is 5.02. The topological polar surface area (TPSA) is 81.8 Å². The number of carbonyl (C=O) groups excluding carboxylic acids is 1. The van der Waals surface area contributed by atoms with Gasteiger partial charge in [-0.05, 0) is 55.5 Å². The van der Waals surface area contributed by atoms with Crippen LogP contribution in [0.4, 0.5) is 11.4 Å². The lowest BCUT2D eigenvalue weighted by atomic mass is 9.87. The Morgan fingerprint density at radius 1 is 1.06 bits per heavy atom. The van der Waals surface area contributed by atoms with E-state index in [0.29, 0.717) is 12.2 Å². The van der Waals surface area contributed by atoms with Crippen LogP contribution in [0.3, 0.4) is 0 Å². The van der Waals surface area contributed by atoms with Crippen molar-refractivity contribution in [1.82, 2.24) is 9.21 Å². The van der Waals surface area contributed by atoms with Gasteiger partial charge in [0.1, 0.15) is 0 Å². The van der Waals surface area contributed by atoms with Crippen molar-refractivity contribution in [2.75, 3.05) is 44.9 Å². The van der Waals surface area contributed by atoms with Crippen LogP contribution in [-0.2, 0) is 21.2 Å². The van der Waals surface area contributed by atoms with E-state index in [2.05, 4.69) is 22.8 Å². The fraction of sp³-hybridized carbons (Fsp3) is 0.435. The molecule has 31 heavy (non-hydrogen) atoms. The first kappa shape index (κ1) is 23.1. The Bertz CT molecular complexity index is 1040. The predicted octanol–water partition coefficient (Wildman–Crippen LogP) is 3.32. The highest BCUT2D eigenvalue weighted by molar-refractivity contribution is 7.89. The number of likely N-dealkylation sites (N-methyl/N-ethyl adjacent to an activating group) is 1. The van der Waals surface area contributed by atoms with Crippen LogP contribution in [0.2, 0.25) is 0 Å². The lowest BCUT2D eigenvalue weighted by Gasteiger charge is -2.33. The van der Waals surface area contributed by atoms with Crippen molar-refractivity contribution in [3.8, 4) is 0 Å². The maximum absolute atomic E-state index is 13.0. The summed E-state index contributed by atoms with van der Waals surface area (Å²) in [4.78, 5) is 15.0. The SMILES string of the molecule is CCNc1ccc(S(=O)(=O)N(C)C)cc1NCC(=O)N(C)C1CCCc2ccccc21. The molecule has 7 nitrogen and oxygen atoms in total. The normalized spacial score (nSPS) is 16.0. The summed E-state index contributed by atoms with van der Waals surface area (Å²) in [5, 5.41) is 6.37.